The van der Waals surface area contributed by atoms with Crippen LogP contribution in [0, 0.1) is 5.92 Å². The number of nitrogens with zero attached hydrogens (tertiary/aromatic N) is 5. The third kappa shape index (κ3) is 7.82. The molecular formula is C39H49Cl2N5O5S. The minimum Gasteiger partial charge on any atom is -0.493 e. The Morgan fingerprint density at radius 3 is 2.06 bits per heavy atom. The lowest BCUT2D eigenvalue weighted by Gasteiger charge is -2.47. The van der Waals surface area contributed by atoms with E-state index >= 15 is 4.79 Å². The first-order chi connectivity index (χ1) is 24.3. The smallest absolute Gasteiger partial charge is 0.326 e. The number of aliphatic imine (C=N–C) groups is 1. The highest BCUT2D eigenvalue weighted by molar-refractivity contribution is 7.90. The van der Waals surface area contributed by atoms with Crippen LogP contribution in [-0.2, 0) is 31.1 Å². The normalized spacial score (nSPS) is 21.2. The minimum atomic E-state index is -3.22. The van der Waals surface area contributed by atoms with E-state index in [9.17, 15) is 13.2 Å². The second-order valence-electron chi connectivity index (χ2n) is 15.1. The van der Waals surface area contributed by atoms with Gasteiger partial charge in [0.25, 0.3) is 0 Å². The zero-order chi connectivity index (χ0) is 38.2. The van der Waals surface area contributed by atoms with Crippen molar-refractivity contribution in [3.63, 3.8) is 0 Å². The number of rotatable bonds is 9. The van der Waals surface area contributed by atoms with Crippen molar-refractivity contribution in [3.05, 3.63) is 93.2 Å². The third-order valence-corrected chi connectivity index (χ3v) is 11.8. The summed E-state index contributed by atoms with van der Waals surface area (Å²) < 4.78 is 29.7. The van der Waals surface area contributed by atoms with Gasteiger partial charge in [-0.2, -0.15) is 0 Å². The zero-order valence-electron chi connectivity index (χ0n) is 31.2. The molecule has 1 fully saturated rings. The van der Waals surface area contributed by atoms with Crippen LogP contribution in [0.2, 0.25) is 10.0 Å². The van der Waals surface area contributed by atoms with Crippen molar-refractivity contribution in [2.24, 2.45) is 10.9 Å². The number of carbonyl (C=O) groups is 2. The number of hydrogen-bond acceptors (Lipinski definition) is 7. The molecule has 52 heavy (non-hydrogen) atoms. The molecule has 3 amide bonds. The Bertz CT molecular complexity index is 1940. The fourth-order valence-corrected chi connectivity index (χ4v) is 7.90. The Balaban J connectivity index is 1.62. The number of benzene rings is 2. The maximum atomic E-state index is 15.2. The molecular weight excluding hydrogens is 721 g/mol. The molecule has 0 unspecified atom stereocenters. The average Bonchev–Trinajstić information content (AvgIpc) is 3.34. The molecule has 1 saturated heterocycles. The number of amidine groups is 1. The molecule has 0 N–H and O–H groups in total. The fraction of sp³-hybridized carbons (Fsp3) is 0.487. The molecule has 1 aromatic heterocycles. The van der Waals surface area contributed by atoms with Crippen molar-refractivity contribution in [1.29, 1.82) is 0 Å². The molecule has 2 atom stereocenters. The number of urea groups is 1. The Kier molecular flexibility index (Phi) is 11.4. The van der Waals surface area contributed by atoms with E-state index in [-0.39, 0.29) is 35.6 Å². The lowest BCUT2D eigenvalue weighted by atomic mass is 9.71. The molecule has 10 nitrogen and oxygen atoms in total. The first-order valence-electron chi connectivity index (χ1n) is 17.6. The summed E-state index contributed by atoms with van der Waals surface area (Å²) in [6.07, 6.45) is 3.78. The van der Waals surface area contributed by atoms with E-state index in [4.69, 9.17) is 37.9 Å². The number of pyridine rings is 1. The molecule has 0 spiro atoms. The molecule has 0 saturated carbocycles. The van der Waals surface area contributed by atoms with Crippen LogP contribution in [-0.4, -0.2) is 91.2 Å². The van der Waals surface area contributed by atoms with Gasteiger partial charge < -0.3 is 14.5 Å². The number of ether oxygens (including phenoxy) is 1. The van der Waals surface area contributed by atoms with Gasteiger partial charge in [-0.15, -0.1) is 0 Å². The molecule has 3 heterocycles. The van der Waals surface area contributed by atoms with Gasteiger partial charge in [0.2, 0.25) is 5.91 Å². The summed E-state index contributed by atoms with van der Waals surface area (Å²) in [5.74, 6) is 0.427. The molecule has 0 bridgehead atoms. The van der Waals surface area contributed by atoms with E-state index in [2.05, 4.69) is 20.8 Å². The first kappa shape index (κ1) is 39.5. The van der Waals surface area contributed by atoms with E-state index in [1.54, 1.807) is 23.0 Å². The number of piperidine rings is 1. The van der Waals surface area contributed by atoms with Crippen LogP contribution in [0.1, 0.15) is 76.8 Å². The van der Waals surface area contributed by atoms with Crippen LogP contribution < -0.4 is 4.74 Å². The maximum Gasteiger partial charge on any atom is 0.326 e. The van der Waals surface area contributed by atoms with Crippen molar-refractivity contribution in [2.75, 3.05) is 45.3 Å². The van der Waals surface area contributed by atoms with Gasteiger partial charge in [-0.1, -0.05) is 68.2 Å². The van der Waals surface area contributed by atoms with Crippen molar-refractivity contribution in [1.82, 2.24) is 19.7 Å². The summed E-state index contributed by atoms with van der Waals surface area (Å²) in [5, 5.41) is 1.14. The summed E-state index contributed by atoms with van der Waals surface area (Å²) in [4.78, 5) is 43.9. The number of aromatic nitrogens is 1. The van der Waals surface area contributed by atoms with Crippen molar-refractivity contribution >= 4 is 50.8 Å². The predicted octanol–water partition coefficient (Wildman–Crippen LogP) is 7.31. The lowest BCUT2D eigenvalue weighted by Crippen LogP contribution is -2.59. The number of likely N-dealkylation sites (tertiary alicyclic amines) is 1. The molecule has 0 radical (unpaired) electrons. The van der Waals surface area contributed by atoms with E-state index in [0.717, 1.165) is 23.1 Å². The maximum absolute atomic E-state index is 15.2. The summed E-state index contributed by atoms with van der Waals surface area (Å²) in [6.45, 7) is 13.4. The topological polar surface area (TPSA) is 112 Å². The predicted molar refractivity (Wildman–Crippen MR) is 207 cm³/mol. The number of halogens is 2. The quantitative estimate of drug-likeness (QED) is 0.226. The van der Waals surface area contributed by atoms with Gasteiger partial charge in [0, 0.05) is 72.3 Å². The summed E-state index contributed by atoms with van der Waals surface area (Å²) in [6, 6.07) is 16.7. The second kappa shape index (κ2) is 15.0. The molecule has 0 aliphatic carbocycles. The van der Waals surface area contributed by atoms with Gasteiger partial charge in [-0.05, 0) is 69.0 Å². The van der Waals surface area contributed by atoms with Crippen LogP contribution in [0.5, 0.6) is 5.75 Å². The van der Waals surface area contributed by atoms with E-state index < -0.39 is 20.9 Å². The number of carbonyl (C=O) groups excluding carboxylic acids is 2. The molecule has 13 heteroatoms. The third-order valence-electron chi connectivity index (χ3n) is 10.4. The summed E-state index contributed by atoms with van der Waals surface area (Å²) in [5.41, 5.74) is 0.705. The highest BCUT2D eigenvalue weighted by atomic mass is 35.5. The van der Waals surface area contributed by atoms with Crippen LogP contribution >= 0.6 is 23.2 Å². The van der Waals surface area contributed by atoms with Crippen LogP contribution in [0.3, 0.4) is 0 Å². The Morgan fingerprint density at radius 2 is 1.54 bits per heavy atom. The Labute approximate surface area is 318 Å². The lowest BCUT2D eigenvalue weighted by molar-refractivity contribution is -0.135. The molecule has 2 aliphatic heterocycles. The highest BCUT2D eigenvalue weighted by Gasteiger charge is 2.60. The van der Waals surface area contributed by atoms with Gasteiger partial charge in [0.05, 0.1) is 17.9 Å². The van der Waals surface area contributed by atoms with Crippen molar-refractivity contribution in [3.8, 4) is 5.75 Å². The minimum absolute atomic E-state index is 0.103. The first-order valence-corrected chi connectivity index (χ1v) is 20.4. The number of sulfone groups is 1. The van der Waals surface area contributed by atoms with E-state index in [1.165, 1.54) is 4.90 Å². The number of amides is 3. The fourth-order valence-electron chi connectivity index (χ4n) is 7.04. The molecule has 3 aromatic rings. The van der Waals surface area contributed by atoms with Crippen LogP contribution in [0.25, 0.3) is 0 Å². The van der Waals surface area contributed by atoms with E-state index in [0.29, 0.717) is 59.7 Å². The van der Waals surface area contributed by atoms with Gasteiger partial charge in [-0.25, -0.2) is 13.2 Å². The molecule has 2 aromatic carbocycles. The second-order valence-corrected chi connectivity index (χ2v) is 18.2. The summed E-state index contributed by atoms with van der Waals surface area (Å²) >= 11 is 12.8. The van der Waals surface area contributed by atoms with Gasteiger partial charge >= 0.3 is 6.03 Å². The summed E-state index contributed by atoms with van der Waals surface area (Å²) in [7, 11) is -1.59. The molecule has 2 aliphatic rings. The van der Waals surface area contributed by atoms with Crippen molar-refractivity contribution in [2.45, 2.75) is 70.9 Å². The van der Waals surface area contributed by atoms with Gasteiger partial charge in [0.1, 0.15) is 32.5 Å². The largest absolute Gasteiger partial charge is 0.493 e. The van der Waals surface area contributed by atoms with Gasteiger partial charge in [0.15, 0.2) is 0 Å². The SMILES string of the molecule is CCOc1cc(C(C)(C)C)ncc1C1=N[C@@](C)(c2ccc(Cl)cc2)[C@@](C)(c2ccc(Cl)cc2)N1C(=O)N1CCC(C(=O)N(C)CCS(C)(=O)=O)CC1. The van der Waals surface area contributed by atoms with Crippen LogP contribution in [0.15, 0.2) is 65.8 Å². The van der Waals surface area contributed by atoms with Gasteiger partial charge in [-0.3, -0.25) is 19.7 Å². The van der Waals surface area contributed by atoms with Crippen molar-refractivity contribution < 1.29 is 22.7 Å². The Morgan fingerprint density at radius 1 is 0.981 bits per heavy atom. The monoisotopic (exact) mass is 769 g/mol. The molecule has 280 valence electrons. The number of hydrogen-bond donors (Lipinski definition) is 0. The molecule has 5 rings (SSSR count). The standard InChI is InChI=1S/C39H49Cl2N5O5S/c1-9-51-32-24-33(37(2,3)4)42-25-31(32)34-43-38(5,27-10-14-29(40)15-11-27)39(6,28-12-16-30(41)17-13-28)46(34)36(48)45-20-18-26(19-21-45)35(47)44(7)22-23-52(8,49)50/h10-17,24-26H,9,18-23H2,1-8H3/t38-,39+/m0/s1. The van der Waals surface area contributed by atoms with Crippen LogP contribution in [0.4, 0.5) is 4.79 Å². The van der Waals surface area contributed by atoms with E-state index in [1.807, 2.05) is 75.4 Å². The average molecular weight is 771 g/mol. The Hall–Kier alpha value is -3.67. The zero-order valence-corrected chi connectivity index (χ0v) is 33.6. The highest BCUT2D eigenvalue weighted by Crippen LogP contribution is 2.54.